The summed E-state index contributed by atoms with van der Waals surface area (Å²) >= 11 is 0. The fourth-order valence-electron chi connectivity index (χ4n) is 5.00. The van der Waals surface area contributed by atoms with Crippen LogP contribution in [-0.4, -0.2) is 58.9 Å². The van der Waals surface area contributed by atoms with Crippen molar-refractivity contribution in [3.63, 3.8) is 0 Å². The minimum atomic E-state index is -0.192. The molecule has 3 atom stereocenters. The SMILES string of the molecule is CO[C@H]1CC[C@@]2(OC)CCN(C(=O)CCn3c(C)nc4ccccc43)[C@H]2C1. The first-order valence-electron chi connectivity index (χ1n) is 9.87. The standard InChI is InChI=1S/C21H29N3O3/c1-15-22-17-6-4-5-7-18(17)23(15)12-9-20(25)24-13-11-21(27-3)10-8-16(26-2)14-19(21)24/h4-7,16,19H,8-14H2,1-3H3/t16-,19-,21+/m0/s1. The van der Waals surface area contributed by atoms with Crippen LogP contribution in [0.15, 0.2) is 24.3 Å². The predicted molar refractivity (Wildman–Crippen MR) is 104 cm³/mol. The second-order valence-corrected chi connectivity index (χ2v) is 7.80. The Balaban J connectivity index is 1.48. The Morgan fingerprint density at radius 2 is 2.11 bits per heavy atom. The number of carbonyl (C=O) groups excluding carboxylic acids is 1. The van der Waals surface area contributed by atoms with Gasteiger partial charge in [0.15, 0.2) is 0 Å². The maximum atomic E-state index is 13.1. The quantitative estimate of drug-likeness (QED) is 0.811. The van der Waals surface area contributed by atoms with E-state index in [9.17, 15) is 4.79 Å². The number of rotatable bonds is 5. The molecule has 0 N–H and O–H groups in total. The van der Waals surface area contributed by atoms with Crippen LogP contribution in [0.2, 0.25) is 0 Å². The van der Waals surface area contributed by atoms with Crippen LogP contribution in [0, 0.1) is 6.92 Å². The molecule has 1 aromatic carbocycles. The highest BCUT2D eigenvalue weighted by molar-refractivity contribution is 5.78. The van der Waals surface area contributed by atoms with Gasteiger partial charge in [0.1, 0.15) is 5.82 Å². The lowest BCUT2D eigenvalue weighted by atomic mass is 9.79. The third kappa shape index (κ3) is 3.15. The van der Waals surface area contributed by atoms with Gasteiger partial charge in [-0.05, 0) is 44.7 Å². The van der Waals surface area contributed by atoms with Crippen LogP contribution in [-0.2, 0) is 20.8 Å². The molecule has 27 heavy (non-hydrogen) atoms. The van der Waals surface area contributed by atoms with Crippen molar-refractivity contribution < 1.29 is 14.3 Å². The average molecular weight is 371 g/mol. The molecule has 0 radical (unpaired) electrons. The van der Waals surface area contributed by atoms with Crippen LogP contribution in [0.4, 0.5) is 0 Å². The smallest absolute Gasteiger partial charge is 0.224 e. The highest BCUT2D eigenvalue weighted by Crippen LogP contribution is 2.43. The summed E-state index contributed by atoms with van der Waals surface area (Å²) in [6.45, 7) is 3.43. The van der Waals surface area contributed by atoms with E-state index in [2.05, 4.69) is 15.6 Å². The number of imidazole rings is 1. The Hall–Kier alpha value is -1.92. The largest absolute Gasteiger partial charge is 0.381 e. The van der Waals surface area contributed by atoms with E-state index < -0.39 is 0 Å². The molecule has 2 fully saturated rings. The first-order valence-corrected chi connectivity index (χ1v) is 9.87. The van der Waals surface area contributed by atoms with Gasteiger partial charge in [-0.2, -0.15) is 0 Å². The number of carbonyl (C=O) groups is 1. The monoisotopic (exact) mass is 371 g/mol. The molecule has 1 saturated heterocycles. The lowest BCUT2D eigenvalue weighted by Crippen LogP contribution is -2.53. The molecule has 2 aromatic rings. The van der Waals surface area contributed by atoms with Crippen molar-refractivity contribution in [2.45, 2.75) is 63.3 Å². The van der Waals surface area contributed by atoms with Crippen LogP contribution in [0.1, 0.15) is 37.9 Å². The first kappa shape index (κ1) is 18.4. The number of amides is 1. The van der Waals surface area contributed by atoms with Gasteiger partial charge < -0.3 is 18.9 Å². The molecule has 146 valence electrons. The Kier molecular flexibility index (Phi) is 4.95. The van der Waals surface area contributed by atoms with Crippen LogP contribution >= 0.6 is 0 Å². The first-order chi connectivity index (χ1) is 13.1. The van der Waals surface area contributed by atoms with Gasteiger partial charge in [-0.3, -0.25) is 4.79 Å². The summed E-state index contributed by atoms with van der Waals surface area (Å²) in [5.41, 5.74) is 1.88. The van der Waals surface area contributed by atoms with E-state index in [1.54, 1.807) is 14.2 Å². The summed E-state index contributed by atoms with van der Waals surface area (Å²) in [4.78, 5) is 19.7. The minimum absolute atomic E-state index is 0.120. The second-order valence-electron chi connectivity index (χ2n) is 7.80. The molecule has 0 bridgehead atoms. The zero-order valence-electron chi connectivity index (χ0n) is 16.5. The molecule has 6 heteroatoms. The van der Waals surface area contributed by atoms with Gasteiger partial charge in [0.05, 0.1) is 28.8 Å². The van der Waals surface area contributed by atoms with Crippen molar-refractivity contribution in [3.05, 3.63) is 30.1 Å². The molecular weight excluding hydrogens is 342 g/mol. The third-order valence-corrected chi connectivity index (χ3v) is 6.59. The van der Waals surface area contributed by atoms with Crippen molar-refractivity contribution in [3.8, 4) is 0 Å². The lowest BCUT2D eigenvalue weighted by Gasteiger charge is -2.43. The topological polar surface area (TPSA) is 56.6 Å². The zero-order chi connectivity index (χ0) is 19.0. The fraction of sp³-hybridized carbons (Fsp3) is 0.619. The van der Waals surface area contributed by atoms with E-state index in [0.717, 1.165) is 49.1 Å². The molecule has 2 aliphatic rings. The number of para-hydroxylation sites is 2. The zero-order valence-corrected chi connectivity index (χ0v) is 16.5. The van der Waals surface area contributed by atoms with Gasteiger partial charge >= 0.3 is 0 Å². The number of methoxy groups -OCH3 is 2. The van der Waals surface area contributed by atoms with Crippen LogP contribution in [0.25, 0.3) is 11.0 Å². The van der Waals surface area contributed by atoms with E-state index in [1.807, 2.05) is 30.0 Å². The summed E-state index contributed by atoms with van der Waals surface area (Å²) in [5.74, 6) is 1.15. The number of fused-ring (bicyclic) bond motifs is 2. The molecule has 4 rings (SSSR count). The van der Waals surface area contributed by atoms with E-state index in [1.165, 1.54) is 0 Å². The molecule has 2 heterocycles. The second kappa shape index (κ2) is 7.24. The van der Waals surface area contributed by atoms with E-state index in [0.29, 0.717) is 13.0 Å². The van der Waals surface area contributed by atoms with E-state index in [-0.39, 0.29) is 23.7 Å². The Bertz CT molecular complexity index is 833. The maximum Gasteiger partial charge on any atom is 0.224 e. The molecule has 1 aromatic heterocycles. The molecule has 1 aliphatic carbocycles. The van der Waals surface area contributed by atoms with Crippen molar-refractivity contribution in [2.75, 3.05) is 20.8 Å². The minimum Gasteiger partial charge on any atom is -0.381 e. The Morgan fingerprint density at radius 1 is 1.30 bits per heavy atom. The van der Waals surface area contributed by atoms with Crippen LogP contribution < -0.4 is 0 Å². The summed E-state index contributed by atoms with van der Waals surface area (Å²) in [6.07, 6.45) is 4.44. The maximum absolute atomic E-state index is 13.1. The number of ether oxygens (including phenoxy) is 2. The van der Waals surface area contributed by atoms with Gasteiger partial charge in [0.2, 0.25) is 5.91 Å². The average Bonchev–Trinajstić information content (AvgIpc) is 3.23. The van der Waals surface area contributed by atoms with Crippen LogP contribution in [0.3, 0.4) is 0 Å². The van der Waals surface area contributed by atoms with Crippen molar-refractivity contribution >= 4 is 16.9 Å². The molecule has 0 spiro atoms. The van der Waals surface area contributed by atoms with Crippen molar-refractivity contribution in [2.24, 2.45) is 0 Å². The number of aryl methyl sites for hydroxylation is 2. The molecule has 0 unspecified atom stereocenters. The summed E-state index contributed by atoms with van der Waals surface area (Å²) in [7, 11) is 3.55. The number of likely N-dealkylation sites (tertiary alicyclic amines) is 1. The number of hydrogen-bond acceptors (Lipinski definition) is 4. The number of nitrogens with zero attached hydrogens (tertiary/aromatic N) is 3. The fourth-order valence-corrected chi connectivity index (χ4v) is 5.00. The van der Waals surface area contributed by atoms with Crippen molar-refractivity contribution in [1.29, 1.82) is 0 Å². The van der Waals surface area contributed by atoms with Crippen LogP contribution in [0.5, 0.6) is 0 Å². The highest BCUT2D eigenvalue weighted by atomic mass is 16.5. The van der Waals surface area contributed by atoms with Gasteiger partial charge in [-0.25, -0.2) is 4.98 Å². The van der Waals surface area contributed by atoms with Gasteiger partial charge in [0.25, 0.3) is 0 Å². The number of aromatic nitrogens is 2. The number of hydrogen-bond donors (Lipinski definition) is 0. The molecule has 1 amide bonds. The number of benzene rings is 1. The summed E-state index contributed by atoms with van der Waals surface area (Å²) in [6, 6.07) is 8.21. The molecule has 1 aliphatic heterocycles. The molecule has 6 nitrogen and oxygen atoms in total. The Labute approximate surface area is 160 Å². The van der Waals surface area contributed by atoms with Gasteiger partial charge in [-0.1, -0.05) is 12.1 Å². The van der Waals surface area contributed by atoms with E-state index in [4.69, 9.17) is 9.47 Å². The van der Waals surface area contributed by atoms with E-state index >= 15 is 0 Å². The summed E-state index contributed by atoms with van der Waals surface area (Å²) < 4.78 is 13.7. The van der Waals surface area contributed by atoms with Gasteiger partial charge in [0, 0.05) is 33.7 Å². The Morgan fingerprint density at radius 3 is 2.89 bits per heavy atom. The lowest BCUT2D eigenvalue weighted by molar-refractivity contribution is -0.140. The normalized spacial score (nSPS) is 27.9. The molecule has 1 saturated carbocycles. The van der Waals surface area contributed by atoms with Crippen molar-refractivity contribution in [1.82, 2.24) is 14.5 Å². The summed E-state index contributed by atoms with van der Waals surface area (Å²) in [5, 5.41) is 0. The predicted octanol–water partition coefficient (Wildman–Crippen LogP) is 2.92. The highest BCUT2D eigenvalue weighted by Gasteiger charge is 2.52. The van der Waals surface area contributed by atoms with Gasteiger partial charge in [-0.15, -0.1) is 0 Å². The third-order valence-electron chi connectivity index (χ3n) is 6.59. The molecular formula is C21H29N3O3.